The fourth-order valence-electron chi connectivity index (χ4n) is 0.948. The first-order valence-electron chi connectivity index (χ1n) is 3.91. The number of aliphatic hydroxyl groups excluding tert-OH is 1. The van der Waals surface area contributed by atoms with E-state index in [9.17, 15) is 13.5 Å². The molecule has 92 valence electrons. The molecule has 10 heteroatoms. The first-order valence-corrected chi connectivity index (χ1v) is 6.96. The Morgan fingerprint density at radius 3 is 2.50 bits per heavy atom. The molecule has 3 N–H and O–H groups in total. The number of nitrogens with two attached hydrogens (primary N) is 1. The van der Waals surface area contributed by atoms with Crippen LogP contribution in [0.5, 0.6) is 0 Å². The molecule has 0 aliphatic rings. The van der Waals surface area contributed by atoms with Crippen LogP contribution in [0, 0.1) is 0 Å². The smallest absolute Gasteiger partial charge is 0.333 e. The summed E-state index contributed by atoms with van der Waals surface area (Å²) in [5.74, 6) is 0. The van der Waals surface area contributed by atoms with Gasteiger partial charge in [-0.2, -0.15) is 8.42 Å². The number of hydrogen-bond donors (Lipinski definition) is 2. The lowest BCUT2D eigenvalue weighted by Crippen LogP contribution is -2.26. The molecule has 0 unspecified atom stereocenters. The lowest BCUT2D eigenvalue weighted by Gasteiger charge is -2.16. The maximum absolute atomic E-state index is 10.6. The second kappa shape index (κ2) is 5.13. The largest absolute Gasteiger partial charge is 0.385 e. The quantitative estimate of drug-likeness (QED) is 0.867. The fraction of sp³-hybridized carbons (Fsp3) is 0.500. The van der Waals surface area contributed by atoms with E-state index in [2.05, 4.69) is 14.3 Å². The van der Waals surface area contributed by atoms with E-state index in [0.717, 1.165) is 11.3 Å². The third kappa shape index (κ3) is 3.81. The first kappa shape index (κ1) is 14.1. The van der Waals surface area contributed by atoms with Crippen LogP contribution in [0.25, 0.3) is 0 Å². The van der Waals surface area contributed by atoms with Crippen molar-refractivity contribution < 1.29 is 17.7 Å². The van der Waals surface area contributed by atoms with Gasteiger partial charge in [0.25, 0.3) is 0 Å². The SMILES string of the molecule is C[C@@H](OS(N)(=O)=O)[C@H](O)c1sc(Cl)nc1Cl. The van der Waals surface area contributed by atoms with Crippen molar-refractivity contribution in [2.75, 3.05) is 0 Å². The molecule has 0 aliphatic heterocycles. The lowest BCUT2D eigenvalue weighted by molar-refractivity contribution is 0.0532. The molecule has 0 fully saturated rings. The van der Waals surface area contributed by atoms with Crippen LogP contribution in [0.3, 0.4) is 0 Å². The summed E-state index contributed by atoms with van der Waals surface area (Å²) < 4.78 is 25.8. The number of rotatable bonds is 4. The molecule has 2 atom stereocenters. The molecule has 0 bridgehead atoms. The van der Waals surface area contributed by atoms with Gasteiger partial charge in [0, 0.05) is 0 Å². The monoisotopic (exact) mass is 306 g/mol. The minimum Gasteiger partial charge on any atom is -0.385 e. The van der Waals surface area contributed by atoms with Crippen molar-refractivity contribution in [2.24, 2.45) is 5.14 Å². The summed E-state index contributed by atoms with van der Waals surface area (Å²) in [6.07, 6.45) is -2.35. The maximum atomic E-state index is 10.6. The van der Waals surface area contributed by atoms with Gasteiger partial charge in [-0.15, -0.1) is 11.3 Å². The zero-order valence-corrected chi connectivity index (χ0v) is 11.1. The zero-order valence-electron chi connectivity index (χ0n) is 7.92. The van der Waals surface area contributed by atoms with Gasteiger partial charge in [-0.05, 0) is 6.92 Å². The molecule has 0 saturated heterocycles. The molecule has 1 aromatic rings. The van der Waals surface area contributed by atoms with E-state index in [-0.39, 0.29) is 14.5 Å². The van der Waals surface area contributed by atoms with Crippen molar-refractivity contribution in [1.82, 2.24) is 4.98 Å². The minimum absolute atomic E-state index is 0.00682. The number of thiazole rings is 1. The standard InChI is InChI=1S/C6H8Cl2N2O4S2/c1-2(14-16(9,12)13)3(11)4-5(7)10-6(8)15-4/h2-3,11H,1H3,(H2,9,12,13)/t2-,3+/m1/s1. The Labute approximate surface area is 106 Å². The molecule has 1 heterocycles. The zero-order chi connectivity index (χ0) is 12.5. The van der Waals surface area contributed by atoms with E-state index < -0.39 is 22.5 Å². The van der Waals surface area contributed by atoms with Crippen LogP contribution in [0.15, 0.2) is 0 Å². The van der Waals surface area contributed by atoms with E-state index in [4.69, 9.17) is 23.2 Å². The van der Waals surface area contributed by atoms with Gasteiger partial charge in [0.1, 0.15) is 17.4 Å². The highest BCUT2D eigenvalue weighted by Gasteiger charge is 2.26. The Morgan fingerprint density at radius 2 is 2.12 bits per heavy atom. The molecule has 0 radical (unpaired) electrons. The Hall–Kier alpha value is 0.0400. The van der Waals surface area contributed by atoms with E-state index in [1.54, 1.807) is 0 Å². The Morgan fingerprint density at radius 1 is 1.56 bits per heavy atom. The third-order valence-electron chi connectivity index (χ3n) is 1.58. The number of halogens is 2. The van der Waals surface area contributed by atoms with Gasteiger partial charge < -0.3 is 5.11 Å². The molecule has 16 heavy (non-hydrogen) atoms. The second-order valence-corrected chi connectivity index (χ2v) is 6.01. The summed E-state index contributed by atoms with van der Waals surface area (Å²) in [6.45, 7) is 1.33. The molecule has 0 saturated carbocycles. The summed E-state index contributed by atoms with van der Waals surface area (Å²) in [5.41, 5.74) is 0. The van der Waals surface area contributed by atoms with Gasteiger partial charge in [0.2, 0.25) is 0 Å². The van der Waals surface area contributed by atoms with Gasteiger partial charge in [-0.1, -0.05) is 23.2 Å². The Kier molecular flexibility index (Phi) is 4.52. The number of aromatic nitrogens is 1. The highest BCUT2D eigenvalue weighted by atomic mass is 35.5. The molecule has 1 aromatic heterocycles. The molecular weight excluding hydrogens is 299 g/mol. The average Bonchev–Trinajstić information content (AvgIpc) is 2.41. The van der Waals surface area contributed by atoms with Crippen LogP contribution < -0.4 is 5.14 Å². The van der Waals surface area contributed by atoms with E-state index >= 15 is 0 Å². The molecule has 1 rings (SSSR count). The van der Waals surface area contributed by atoms with Crippen molar-refractivity contribution in [2.45, 2.75) is 19.1 Å². The topological polar surface area (TPSA) is 103 Å². The van der Waals surface area contributed by atoms with Gasteiger partial charge in [-0.3, -0.25) is 4.18 Å². The minimum atomic E-state index is -4.13. The fourth-order valence-corrected chi connectivity index (χ4v) is 2.98. The molecular formula is C6H8Cl2N2O4S2. The van der Waals surface area contributed by atoms with Gasteiger partial charge >= 0.3 is 10.3 Å². The molecule has 0 amide bonds. The van der Waals surface area contributed by atoms with Crippen molar-refractivity contribution in [3.63, 3.8) is 0 Å². The molecule has 0 spiro atoms. The van der Waals surface area contributed by atoms with Gasteiger partial charge in [0.05, 0.1) is 4.88 Å². The van der Waals surface area contributed by atoms with Crippen LogP contribution in [-0.4, -0.2) is 24.6 Å². The maximum Gasteiger partial charge on any atom is 0.333 e. The predicted molar refractivity (Wildman–Crippen MR) is 60.7 cm³/mol. The summed E-state index contributed by atoms with van der Waals surface area (Å²) in [5, 5.41) is 14.4. The number of aliphatic hydroxyl groups is 1. The number of hydrogen-bond acceptors (Lipinski definition) is 6. The first-order chi connectivity index (χ1) is 7.20. The van der Waals surface area contributed by atoms with E-state index in [1.807, 2.05) is 0 Å². The second-order valence-electron chi connectivity index (χ2n) is 2.86. The van der Waals surface area contributed by atoms with E-state index in [0.29, 0.717) is 0 Å². The summed E-state index contributed by atoms with van der Waals surface area (Å²) in [7, 11) is -4.13. The van der Waals surface area contributed by atoms with Crippen LogP contribution in [0.1, 0.15) is 17.9 Å². The molecule has 0 aliphatic carbocycles. The van der Waals surface area contributed by atoms with Crippen LogP contribution >= 0.6 is 34.5 Å². The predicted octanol–water partition coefficient (Wildman–Crippen LogP) is 1.09. The summed E-state index contributed by atoms with van der Waals surface area (Å²) >= 11 is 12.2. The van der Waals surface area contributed by atoms with Crippen molar-refractivity contribution >= 4 is 44.8 Å². The highest BCUT2D eigenvalue weighted by molar-refractivity contribution is 7.84. The van der Waals surface area contributed by atoms with Crippen molar-refractivity contribution in [1.29, 1.82) is 0 Å². The summed E-state index contributed by atoms with van der Waals surface area (Å²) in [6, 6.07) is 0. The van der Waals surface area contributed by atoms with E-state index in [1.165, 1.54) is 6.92 Å². The normalized spacial score (nSPS) is 16.1. The molecule has 0 aromatic carbocycles. The third-order valence-corrected chi connectivity index (χ3v) is 3.79. The Balaban J connectivity index is 2.86. The van der Waals surface area contributed by atoms with Crippen LogP contribution in [0.2, 0.25) is 9.62 Å². The Bertz CT molecular complexity index is 475. The van der Waals surface area contributed by atoms with Gasteiger partial charge in [0.15, 0.2) is 4.47 Å². The van der Waals surface area contributed by atoms with Crippen LogP contribution in [-0.2, 0) is 14.5 Å². The van der Waals surface area contributed by atoms with Crippen molar-refractivity contribution in [3.05, 3.63) is 14.5 Å². The van der Waals surface area contributed by atoms with Crippen molar-refractivity contribution in [3.8, 4) is 0 Å². The highest BCUT2D eigenvalue weighted by Crippen LogP contribution is 2.34. The molecule has 6 nitrogen and oxygen atoms in total. The number of nitrogens with zero attached hydrogens (tertiary/aromatic N) is 1. The van der Waals surface area contributed by atoms with Gasteiger partial charge in [-0.25, -0.2) is 10.1 Å². The summed E-state index contributed by atoms with van der Waals surface area (Å²) in [4.78, 5) is 3.89. The lowest BCUT2D eigenvalue weighted by atomic mass is 10.2. The average molecular weight is 307 g/mol. The van der Waals surface area contributed by atoms with Crippen LogP contribution in [0.4, 0.5) is 0 Å².